The van der Waals surface area contributed by atoms with Crippen molar-refractivity contribution in [3.8, 4) is 11.6 Å². The second-order valence-electron chi connectivity index (χ2n) is 5.30. The van der Waals surface area contributed by atoms with E-state index < -0.39 is 0 Å². The average Bonchev–Trinajstić information content (AvgIpc) is 2.60. The van der Waals surface area contributed by atoms with Crippen LogP contribution in [0.15, 0.2) is 54.7 Å². The number of ether oxygens (including phenoxy) is 1. The SMILES string of the molecule is CCOc1ncccc1CNC(=O)c1cc2ccccc2cc1O. The molecule has 0 bridgehead atoms. The van der Waals surface area contributed by atoms with E-state index in [1.165, 1.54) is 0 Å². The minimum absolute atomic E-state index is 0.0394. The highest BCUT2D eigenvalue weighted by molar-refractivity contribution is 6.01. The lowest BCUT2D eigenvalue weighted by molar-refractivity contribution is 0.0948. The first kappa shape index (κ1) is 15.8. The summed E-state index contributed by atoms with van der Waals surface area (Å²) in [7, 11) is 0. The Balaban J connectivity index is 1.79. The standard InChI is InChI=1S/C19H18N2O3/c1-2-24-19-15(8-5-9-20-19)12-21-18(23)16-10-13-6-3-4-7-14(13)11-17(16)22/h3-11,22H,2,12H2,1H3,(H,21,23). The molecule has 1 aromatic heterocycles. The Morgan fingerprint density at radius 3 is 2.67 bits per heavy atom. The fourth-order valence-electron chi connectivity index (χ4n) is 2.51. The van der Waals surface area contributed by atoms with E-state index in [2.05, 4.69) is 10.3 Å². The van der Waals surface area contributed by atoms with E-state index in [4.69, 9.17) is 4.74 Å². The number of nitrogens with one attached hydrogen (secondary N) is 1. The molecule has 3 aromatic rings. The number of hydrogen-bond acceptors (Lipinski definition) is 4. The molecule has 0 atom stereocenters. The van der Waals surface area contributed by atoms with Crippen LogP contribution in [0.1, 0.15) is 22.8 Å². The zero-order valence-electron chi connectivity index (χ0n) is 13.3. The molecule has 1 amide bonds. The van der Waals surface area contributed by atoms with E-state index in [1.807, 2.05) is 37.3 Å². The first-order chi connectivity index (χ1) is 11.7. The van der Waals surface area contributed by atoms with Crippen molar-refractivity contribution in [2.24, 2.45) is 0 Å². The highest BCUT2D eigenvalue weighted by Crippen LogP contribution is 2.25. The Morgan fingerprint density at radius 2 is 1.92 bits per heavy atom. The number of rotatable bonds is 5. The maximum absolute atomic E-state index is 12.4. The number of pyridine rings is 1. The monoisotopic (exact) mass is 322 g/mol. The van der Waals surface area contributed by atoms with Crippen molar-refractivity contribution in [2.45, 2.75) is 13.5 Å². The minimum atomic E-state index is -0.343. The van der Waals surface area contributed by atoms with Crippen LogP contribution in [-0.4, -0.2) is 22.6 Å². The molecule has 5 heteroatoms. The zero-order chi connectivity index (χ0) is 16.9. The summed E-state index contributed by atoms with van der Waals surface area (Å²) in [6, 6.07) is 14.5. The third-order valence-corrected chi connectivity index (χ3v) is 3.68. The van der Waals surface area contributed by atoms with Gasteiger partial charge in [-0.2, -0.15) is 0 Å². The van der Waals surface area contributed by atoms with Gasteiger partial charge in [-0.05, 0) is 35.9 Å². The van der Waals surface area contributed by atoms with Crippen molar-refractivity contribution < 1.29 is 14.6 Å². The summed E-state index contributed by atoms with van der Waals surface area (Å²) in [4.78, 5) is 16.6. The Bertz CT molecular complexity index is 877. The predicted octanol–water partition coefficient (Wildman–Crippen LogP) is 3.27. The molecule has 0 saturated heterocycles. The molecule has 0 aliphatic heterocycles. The smallest absolute Gasteiger partial charge is 0.255 e. The van der Waals surface area contributed by atoms with Crippen molar-refractivity contribution in [2.75, 3.05) is 6.61 Å². The zero-order valence-corrected chi connectivity index (χ0v) is 13.3. The number of carbonyl (C=O) groups excluding carboxylic acids is 1. The second-order valence-corrected chi connectivity index (χ2v) is 5.30. The van der Waals surface area contributed by atoms with Gasteiger partial charge in [0.05, 0.1) is 12.2 Å². The van der Waals surface area contributed by atoms with Gasteiger partial charge in [-0.25, -0.2) is 4.98 Å². The van der Waals surface area contributed by atoms with E-state index >= 15 is 0 Å². The third-order valence-electron chi connectivity index (χ3n) is 3.68. The molecule has 0 radical (unpaired) electrons. The number of fused-ring (bicyclic) bond motifs is 1. The molecule has 5 nitrogen and oxygen atoms in total. The first-order valence-electron chi connectivity index (χ1n) is 7.75. The minimum Gasteiger partial charge on any atom is -0.507 e. The molecule has 2 aromatic carbocycles. The Kier molecular flexibility index (Phi) is 4.61. The van der Waals surface area contributed by atoms with Gasteiger partial charge in [-0.3, -0.25) is 4.79 Å². The number of amides is 1. The molecule has 0 saturated carbocycles. The number of benzene rings is 2. The highest BCUT2D eigenvalue weighted by Gasteiger charge is 2.13. The largest absolute Gasteiger partial charge is 0.507 e. The maximum atomic E-state index is 12.4. The van der Waals surface area contributed by atoms with Crippen molar-refractivity contribution in [3.63, 3.8) is 0 Å². The van der Waals surface area contributed by atoms with Gasteiger partial charge in [0.2, 0.25) is 5.88 Å². The fourth-order valence-corrected chi connectivity index (χ4v) is 2.51. The molecule has 0 spiro atoms. The van der Waals surface area contributed by atoms with Crippen LogP contribution in [0.5, 0.6) is 11.6 Å². The molecule has 1 heterocycles. The lowest BCUT2D eigenvalue weighted by atomic mass is 10.1. The Hall–Kier alpha value is -3.08. The summed E-state index contributed by atoms with van der Waals surface area (Å²) >= 11 is 0. The number of phenolic OH excluding ortho intramolecular Hbond substituents is 1. The molecule has 2 N–H and O–H groups in total. The summed E-state index contributed by atoms with van der Waals surface area (Å²) < 4.78 is 5.44. The number of hydrogen-bond donors (Lipinski definition) is 2. The third kappa shape index (κ3) is 3.30. The van der Waals surface area contributed by atoms with Crippen LogP contribution < -0.4 is 10.1 Å². The predicted molar refractivity (Wildman–Crippen MR) is 92.2 cm³/mol. The second kappa shape index (κ2) is 7.00. The molecule has 0 aliphatic rings. The maximum Gasteiger partial charge on any atom is 0.255 e. The quantitative estimate of drug-likeness (QED) is 0.756. The van der Waals surface area contributed by atoms with Gasteiger partial charge in [0.1, 0.15) is 5.75 Å². The van der Waals surface area contributed by atoms with Crippen molar-refractivity contribution in [1.82, 2.24) is 10.3 Å². The van der Waals surface area contributed by atoms with Gasteiger partial charge in [0, 0.05) is 18.3 Å². The highest BCUT2D eigenvalue weighted by atomic mass is 16.5. The normalized spacial score (nSPS) is 10.5. The van der Waals surface area contributed by atoms with E-state index in [0.717, 1.165) is 16.3 Å². The number of aromatic nitrogens is 1. The number of aromatic hydroxyl groups is 1. The molecule has 24 heavy (non-hydrogen) atoms. The van der Waals surface area contributed by atoms with Crippen LogP contribution in [-0.2, 0) is 6.54 Å². The lowest BCUT2D eigenvalue weighted by Crippen LogP contribution is -2.23. The van der Waals surface area contributed by atoms with Crippen LogP contribution in [0.4, 0.5) is 0 Å². The Labute approximate surface area is 139 Å². The molecular weight excluding hydrogens is 304 g/mol. The molecule has 0 aliphatic carbocycles. The summed E-state index contributed by atoms with van der Waals surface area (Å²) in [5.41, 5.74) is 1.03. The summed E-state index contributed by atoms with van der Waals surface area (Å²) in [6.45, 7) is 2.65. The van der Waals surface area contributed by atoms with Gasteiger partial charge < -0.3 is 15.2 Å². The van der Waals surface area contributed by atoms with Crippen LogP contribution in [0.3, 0.4) is 0 Å². The van der Waals surface area contributed by atoms with E-state index in [1.54, 1.807) is 24.4 Å². The van der Waals surface area contributed by atoms with Gasteiger partial charge in [0.25, 0.3) is 5.91 Å². The number of carbonyl (C=O) groups is 1. The number of nitrogens with zero attached hydrogens (tertiary/aromatic N) is 1. The molecule has 0 fully saturated rings. The lowest BCUT2D eigenvalue weighted by Gasteiger charge is -2.11. The van der Waals surface area contributed by atoms with Gasteiger partial charge in [-0.15, -0.1) is 0 Å². The van der Waals surface area contributed by atoms with Crippen LogP contribution in [0.25, 0.3) is 10.8 Å². The molecular formula is C19H18N2O3. The number of phenols is 1. The van der Waals surface area contributed by atoms with Crippen molar-refractivity contribution >= 4 is 16.7 Å². The molecule has 3 rings (SSSR count). The summed E-state index contributed by atoms with van der Waals surface area (Å²) in [6.07, 6.45) is 1.64. The fraction of sp³-hybridized carbons (Fsp3) is 0.158. The van der Waals surface area contributed by atoms with Crippen LogP contribution in [0, 0.1) is 0 Å². The Morgan fingerprint density at radius 1 is 1.17 bits per heavy atom. The summed E-state index contributed by atoms with van der Waals surface area (Å²) in [5, 5.41) is 14.7. The topological polar surface area (TPSA) is 71.5 Å². The average molecular weight is 322 g/mol. The van der Waals surface area contributed by atoms with Crippen molar-refractivity contribution in [3.05, 3.63) is 65.9 Å². The summed E-state index contributed by atoms with van der Waals surface area (Å²) in [5.74, 6) is 0.120. The van der Waals surface area contributed by atoms with Gasteiger partial charge >= 0.3 is 0 Å². The van der Waals surface area contributed by atoms with Crippen LogP contribution >= 0.6 is 0 Å². The molecule has 122 valence electrons. The van der Waals surface area contributed by atoms with Gasteiger partial charge in [0.15, 0.2) is 0 Å². The van der Waals surface area contributed by atoms with Crippen molar-refractivity contribution in [1.29, 1.82) is 0 Å². The van der Waals surface area contributed by atoms with E-state index in [-0.39, 0.29) is 23.8 Å². The van der Waals surface area contributed by atoms with E-state index in [0.29, 0.717) is 12.5 Å². The van der Waals surface area contributed by atoms with Gasteiger partial charge in [-0.1, -0.05) is 30.3 Å². The molecule has 0 unspecified atom stereocenters. The van der Waals surface area contributed by atoms with Crippen LogP contribution in [0.2, 0.25) is 0 Å². The van der Waals surface area contributed by atoms with E-state index in [9.17, 15) is 9.90 Å². The first-order valence-corrected chi connectivity index (χ1v) is 7.75.